The van der Waals surface area contributed by atoms with Gasteiger partial charge in [-0.1, -0.05) is 12.1 Å². The van der Waals surface area contributed by atoms with Crippen LogP contribution in [-0.2, 0) is 0 Å². The molecule has 3 aromatic heterocycles. The average Bonchev–Trinajstić information content (AvgIpc) is 2.97. The lowest BCUT2D eigenvalue weighted by molar-refractivity contribution is 0.0934. The van der Waals surface area contributed by atoms with E-state index in [2.05, 4.69) is 20.4 Å². The van der Waals surface area contributed by atoms with E-state index in [-0.39, 0.29) is 11.9 Å². The molecule has 1 amide bonds. The first-order chi connectivity index (χ1) is 11.6. The van der Waals surface area contributed by atoms with Crippen LogP contribution in [0, 0.1) is 13.8 Å². The predicted octanol–water partition coefficient (Wildman–Crippen LogP) is 2.77. The van der Waals surface area contributed by atoms with Crippen LogP contribution in [0.4, 0.5) is 0 Å². The molecule has 0 unspecified atom stereocenters. The van der Waals surface area contributed by atoms with Gasteiger partial charge in [0.05, 0.1) is 12.2 Å². The van der Waals surface area contributed by atoms with E-state index in [0.29, 0.717) is 5.69 Å². The maximum atomic E-state index is 12.4. The maximum Gasteiger partial charge on any atom is 0.270 e. The van der Waals surface area contributed by atoms with Gasteiger partial charge in [-0.2, -0.15) is 5.10 Å². The van der Waals surface area contributed by atoms with Crippen LogP contribution in [0.3, 0.4) is 0 Å². The molecule has 0 saturated carbocycles. The summed E-state index contributed by atoms with van der Waals surface area (Å²) in [4.78, 5) is 20.9. The Balaban J connectivity index is 1.80. The molecule has 3 aromatic rings. The van der Waals surface area contributed by atoms with Gasteiger partial charge in [0.2, 0.25) is 0 Å². The Labute approximate surface area is 140 Å². The average molecular weight is 321 g/mol. The van der Waals surface area contributed by atoms with E-state index in [9.17, 15) is 4.79 Å². The molecule has 3 rings (SSSR count). The Morgan fingerprint density at radius 2 is 2.00 bits per heavy atom. The van der Waals surface area contributed by atoms with Crippen molar-refractivity contribution in [2.24, 2.45) is 0 Å². The van der Waals surface area contributed by atoms with E-state index in [1.165, 1.54) is 0 Å². The van der Waals surface area contributed by atoms with Crippen LogP contribution in [0.5, 0.6) is 0 Å². The molecular formula is C18H19N5O. The van der Waals surface area contributed by atoms with Gasteiger partial charge < -0.3 is 5.32 Å². The van der Waals surface area contributed by atoms with Crippen LogP contribution in [0.1, 0.15) is 40.4 Å². The summed E-state index contributed by atoms with van der Waals surface area (Å²) >= 11 is 0. The van der Waals surface area contributed by atoms with Crippen LogP contribution in [-0.4, -0.2) is 25.7 Å². The third kappa shape index (κ3) is 3.17. The molecule has 0 fully saturated rings. The molecule has 1 N–H and O–H groups in total. The van der Waals surface area contributed by atoms with Gasteiger partial charge in [0.1, 0.15) is 5.69 Å². The summed E-state index contributed by atoms with van der Waals surface area (Å²) in [5.41, 5.74) is 3.12. The largest absolute Gasteiger partial charge is 0.344 e. The van der Waals surface area contributed by atoms with E-state index < -0.39 is 0 Å². The molecule has 6 nitrogen and oxygen atoms in total. The molecule has 6 heteroatoms. The molecule has 0 aliphatic carbocycles. The fourth-order valence-corrected chi connectivity index (χ4v) is 2.58. The highest BCUT2D eigenvalue weighted by Crippen LogP contribution is 2.19. The van der Waals surface area contributed by atoms with Crippen molar-refractivity contribution in [2.75, 3.05) is 0 Å². The smallest absolute Gasteiger partial charge is 0.270 e. The molecule has 0 spiro atoms. The van der Waals surface area contributed by atoms with Crippen molar-refractivity contribution in [3.8, 4) is 5.82 Å². The number of aromatic nitrogens is 4. The van der Waals surface area contributed by atoms with E-state index in [1.54, 1.807) is 23.1 Å². The summed E-state index contributed by atoms with van der Waals surface area (Å²) < 4.78 is 1.77. The number of carbonyl (C=O) groups excluding carboxylic acids is 1. The summed E-state index contributed by atoms with van der Waals surface area (Å²) in [5.74, 6) is 0.552. The molecule has 122 valence electrons. The van der Waals surface area contributed by atoms with Crippen molar-refractivity contribution >= 4 is 5.91 Å². The third-order valence-electron chi connectivity index (χ3n) is 3.85. The summed E-state index contributed by atoms with van der Waals surface area (Å²) in [6.45, 7) is 5.76. The molecule has 0 aromatic carbocycles. The summed E-state index contributed by atoms with van der Waals surface area (Å²) in [6, 6.07) is 10.9. The number of nitrogens with one attached hydrogen (secondary N) is 1. The maximum absolute atomic E-state index is 12.4. The third-order valence-corrected chi connectivity index (χ3v) is 3.85. The lowest BCUT2D eigenvalue weighted by Gasteiger charge is -2.14. The van der Waals surface area contributed by atoms with Gasteiger partial charge in [-0.25, -0.2) is 14.6 Å². The Kier molecular flexibility index (Phi) is 4.37. The van der Waals surface area contributed by atoms with Gasteiger partial charge in [0.25, 0.3) is 5.91 Å². The highest BCUT2D eigenvalue weighted by molar-refractivity contribution is 5.92. The van der Waals surface area contributed by atoms with Crippen LogP contribution < -0.4 is 5.32 Å². The molecule has 1 atom stereocenters. The molecule has 0 bridgehead atoms. The number of rotatable bonds is 4. The quantitative estimate of drug-likeness (QED) is 0.802. The fourth-order valence-electron chi connectivity index (χ4n) is 2.58. The fraction of sp³-hybridized carbons (Fsp3) is 0.222. The SMILES string of the molecule is Cc1cccc(C(=O)N[C@H](C)c2cnn(-c3ccccn3)c2C)n1. The van der Waals surface area contributed by atoms with Gasteiger partial charge in [-0.15, -0.1) is 0 Å². The first kappa shape index (κ1) is 15.9. The second kappa shape index (κ2) is 6.62. The topological polar surface area (TPSA) is 72.7 Å². The van der Waals surface area contributed by atoms with E-state index in [1.807, 2.05) is 51.1 Å². The normalized spacial score (nSPS) is 12.0. The minimum atomic E-state index is -0.198. The van der Waals surface area contributed by atoms with Crippen molar-refractivity contribution < 1.29 is 4.79 Å². The van der Waals surface area contributed by atoms with Crippen molar-refractivity contribution in [3.05, 3.63) is 71.4 Å². The number of amides is 1. The van der Waals surface area contributed by atoms with Crippen LogP contribution in [0.15, 0.2) is 48.8 Å². The Bertz CT molecular complexity index is 857. The molecular weight excluding hydrogens is 302 g/mol. The zero-order valence-electron chi connectivity index (χ0n) is 13.9. The highest BCUT2D eigenvalue weighted by atomic mass is 16.1. The Hall–Kier alpha value is -3.02. The van der Waals surface area contributed by atoms with Crippen LogP contribution >= 0.6 is 0 Å². The summed E-state index contributed by atoms with van der Waals surface area (Å²) in [7, 11) is 0. The van der Waals surface area contributed by atoms with Gasteiger partial charge >= 0.3 is 0 Å². The number of aryl methyl sites for hydroxylation is 1. The number of hydrogen-bond acceptors (Lipinski definition) is 4. The Morgan fingerprint density at radius 1 is 1.17 bits per heavy atom. The van der Waals surface area contributed by atoms with E-state index >= 15 is 0 Å². The molecule has 3 heterocycles. The zero-order chi connectivity index (χ0) is 17.1. The molecule has 0 aliphatic heterocycles. The van der Waals surface area contributed by atoms with Gasteiger partial charge in [0, 0.05) is 23.1 Å². The first-order valence-electron chi connectivity index (χ1n) is 7.76. The second-order valence-corrected chi connectivity index (χ2v) is 5.64. The number of carbonyl (C=O) groups is 1. The molecule has 0 saturated heterocycles. The van der Waals surface area contributed by atoms with Crippen LogP contribution in [0.25, 0.3) is 5.82 Å². The van der Waals surface area contributed by atoms with E-state index in [0.717, 1.165) is 22.8 Å². The Morgan fingerprint density at radius 3 is 2.71 bits per heavy atom. The monoisotopic (exact) mass is 321 g/mol. The van der Waals surface area contributed by atoms with Gasteiger partial charge in [0.15, 0.2) is 5.82 Å². The number of nitrogens with zero attached hydrogens (tertiary/aromatic N) is 4. The minimum Gasteiger partial charge on any atom is -0.344 e. The standard InChI is InChI=1S/C18H19N5O/c1-12-7-6-8-16(21-12)18(24)22-13(2)15-11-20-23(14(15)3)17-9-4-5-10-19-17/h4-11,13H,1-3H3,(H,22,24)/t13-/m1/s1. The molecule has 24 heavy (non-hydrogen) atoms. The van der Waals surface area contributed by atoms with Crippen molar-refractivity contribution in [1.82, 2.24) is 25.1 Å². The molecule has 0 aliphatic rings. The van der Waals surface area contributed by atoms with Gasteiger partial charge in [-0.3, -0.25) is 4.79 Å². The predicted molar refractivity (Wildman–Crippen MR) is 91.0 cm³/mol. The minimum absolute atomic E-state index is 0.183. The lowest BCUT2D eigenvalue weighted by atomic mass is 10.1. The van der Waals surface area contributed by atoms with Crippen molar-refractivity contribution in [2.45, 2.75) is 26.8 Å². The van der Waals surface area contributed by atoms with Gasteiger partial charge in [-0.05, 0) is 45.0 Å². The summed E-state index contributed by atoms with van der Waals surface area (Å²) in [5, 5.41) is 7.36. The second-order valence-electron chi connectivity index (χ2n) is 5.64. The highest BCUT2D eigenvalue weighted by Gasteiger charge is 2.18. The van der Waals surface area contributed by atoms with E-state index in [4.69, 9.17) is 0 Å². The lowest BCUT2D eigenvalue weighted by Crippen LogP contribution is -2.27. The van der Waals surface area contributed by atoms with Crippen molar-refractivity contribution in [3.63, 3.8) is 0 Å². The zero-order valence-corrected chi connectivity index (χ0v) is 13.9. The van der Waals surface area contributed by atoms with Crippen molar-refractivity contribution in [1.29, 1.82) is 0 Å². The van der Waals surface area contributed by atoms with Crippen LogP contribution in [0.2, 0.25) is 0 Å². The number of pyridine rings is 2. The summed E-state index contributed by atoms with van der Waals surface area (Å²) in [6.07, 6.45) is 3.49. The number of hydrogen-bond donors (Lipinski definition) is 1. The first-order valence-corrected chi connectivity index (χ1v) is 7.76. The molecule has 0 radical (unpaired) electrons.